The molecule has 0 aliphatic heterocycles. The summed E-state index contributed by atoms with van der Waals surface area (Å²) in [6.07, 6.45) is 8.76. The van der Waals surface area contributed by atoms with Crippen molar-refractivity contribution in [2.24, 2.45) is 23.2 Å². The van der Waals surface area contributed by atoms with E-state index in [1.807, 2.05) is 6.07 Å². The summed E-state index contributed by atoms with van der Waals surface area (Å²) in [7, 11) is 0. The molecule has 2 N–H and O–H groups in total. The number of phenolic OH excluding ortho intramolecular Hbond substituents is 1. The van der Waals surface area contributed by atoms with E-state index in [4.69, 9.17) is 11.6 Å². The van der Waals surface area contributed by atoms with Crippen LogP contribution in [0, 0.1) is 23.2 Å². The molecule has 0 spiro atoms. The summed E-state index contributed by atoms with van der Waals surface area (Å²) in [6.45, 7) is 1.82. The van der Waals surface area contributed by atoms with Crippen LogP contribution < -0.4 is 17.7 Å². The summed E-state index contributed by atoms with van der Waals surface area (Å²) in [5.74, 6) is 3.34. The molecule has 4 aliphatic rings. The van der Waals surface area contributed by atoms with Crippen molar-refractivity contribution in [1.29, 1.82) is 0 Å². The van der Waals surface area contributed by atoms with Crippen molar-refractivity contribution in [2.45, 2.75) is 45.1 Å². The average molecular weight is 341 g/mol. The van der Waals surface area contributed by atoms with Crippen molar-refractivity contribution in [3.8, 4) is 5.75 Å². The molecule has 0 radical (unpaired) electrons. The highest BCUT2D eigenvalue weighted by molar-refractivity contribution is 6.30. The first-order valence-corrected chi connectivity index (χ1v) is 8.68. The number of benzene rings is 1. The van der Waals surface area contributed by atoms with Crippen molar-refractivity contribution in [3.63, 3.8) is 0 Å². The van der Waals surface area contributed by atoms with Gasteiger partial charge in [-0.3, -0.25) is 0 Å². The first-order chi connectivity index (χ1) is 10.1. The molecule has 4 aliphatic carbocycles. The highest BCUT2D eigenvalue weighted by Gasteiger charge is 2.50. The van der Waals surface area contributed by atoms with Crippen LogP contribution in [0.3, 0.4) is 0 Å². The molecule has 4 saturated carbocycles. The number of hydrogen-bond acceptors (Lipinski definition) is 2. The maximum atomic E-state index is 9.90. The molecule has 1 aromatic rings. The number of hydrogen-bond donors (Lipinski definition) is 2. The van der Waals surface area contributed by atoms with Crippen molar-refractivity contribution in [2.75, 3.05) is 6.54 Å². The van der Waals surface area contributed by atoms with E-state index in [9.17, 15) is 5.11 Å². The lowest BCUT2D eigenvalue weighted by molar-refractivity contribution is -0.0514. The van der Waals surface area contributed by atoms with Gasteiger partial charge in [-0.2, -0.15) is 0 Å². The van der Waals surface area contributed by atoms with E-state index in [0.717, 1.165) is 29.9 Å². The minimum atomic E-state index is 0. The lowest BCUT2D eigenvalue weighted by atomic mass is 9.49. The van der Waals surface area contributed by atoms with Gasteiger partial charge in [-0.25, -0.2) is 0 Å². The summed E-state index contributed by atoms with van der Waals surface area (Å²) < 4.78 is 0. The smallest absolute Gasteiger partial charge is 0.120 e. The highest BCUT2D eigenvalue weighted by Crippen LogP contribution is 2.59. The van der Waals surface area contributed by atoms with Crippen LogP contribution >= 0.6 is 11.6 Å². The van der Waals surface area contributed by atoms with Crippen LogP contribution in [0.1, 0.15) is 44.1 Å². The van der Waals surface area contributed by atoms with Crippen molar-refractivity contribution >= 4 is 11.6 Å². The number of phenols is 1. The molecular weight excluding hydrogens is 317 g/mol. The maximum absolute atomic E-state index is 9.90. The van der Waals surface area contributed by atoms with Gasteiger partial charge in [0.2, 0.25) is 0 Å². The van der Waals surface area contributed by atoms with Gasteiger partial charge in [-0.05, 0) is 79.9 Å². The topological polar surface area (TPSA) is 32.3 Å². The molecule has 0 heterocycles. The average Bonchev–Trinajstić information content (AvgIpc) is 2.41. The zero-order chi connectivity index (χ0) is 14.4. The van der Waals surface area contributed by atoms with Gasteiger partial charge >= 0.3 is 0 Å². The second-order valence-electron chi connectivity index (χ2n) is 7.79. The summed E-state index contributed by atoms with van der Waals surface area (Å²) in [4.78, 5) is 0. The van der Waals surface area contributed by atoms with E-state index in [1.54, 1.807) is 12.1 Å². The number of nitrogens with one attached hydrogen (secondary N) is 1. The van der Waals surface area contributed by atoms with Crippen LogP contribution in [0.15, 0.2) is 18.2 Å². The van der Waals surface area contributed by atoms with Crippen LogP contribution in [-0.2, 0) is 6.54 Å². The first-order valence-electron chi connectivity index (χ1n) is 8.30. The van der Waals surface area contributed by atoms with Gasteiger partial charge in [0, 0.05) is 23.7 Å². The van der Waals surface area contributed by atoms with Gasteiger partial charge < -0.3 is 22.8 Å². The predicted molar refractivity (Wildman–Crippen MR) is 85.4 cm³/mol. The quantitative estimate of drug-likeness (QED) is 0.867. The Balaban J connectivity index is 0.00000144. The monoisotopic (exact) mass is 340 g/mol. The molecule has 1 aromatic carbocycles. The maximum Gasteiger partial charge on any atom is 0.120 e. The van der Waals surface area contributed by atoms with Crippen LogP contribution in [0.2, 0.25) is 5.02 Å². The van der Waals surface area contributed by atoms with Crippen LogP contribution in [-0.4, -0.2) is 11.7 Å². The lowest BCUT2D eigenvalue weighted by Crippen LogP contribution is -3.00. The summed E-state index contributed by atoms with van der Waals surface area (Å²) in [5, 5.41) is 14.2. The Morgan fingerprint density at radius 2 is 1.68 bits per heavy atom. The third-order valence-electron chi connectivity index (χ3n) is 6.02. The van der Waals surface area contributed by atoms with E-state index >= 15 is 0 Å². The molecule has 2 nitrogen and oxygen atoms in total. The van der Waals surface area contributed by atoms with E-state index < -0.39 is 0 Å². The first kappa shape index (κ1) is 16.4. The second-order valence-corrected chi connectivity index (χ2v) is 8.23. The minimum Gasteiger partial charge on any atom is -1.00 e. The van der Waals surface area contributed by atoms with Crippen molar-refractivity contribution in [1.82, 2.24) is 5.32 Å². The Labute approximate surface area is 144 Å². The van der Waals surface area contributed by atoms with Crippen LogP contribution in [0.25, 0.3) is 0 Å². The van der Waals surface area contributed by atoms with Crippen molar-refractivity contribution < 1.29 is 17.5 Å². The predicted octanol–water partition coefficient (Wildman–Crippen LogP) is 1.36. The standard InChI is InChI=1S/C18H24ClNO.ClH/c19-16-1-2-17(21)15(6-16)10-20-11-18-7-12-3-13(8-18)5-14(4-12)9-18;/h1-2,6,12-14,20-21H,3-5,7-11H2;1H/p-1. The molecule has 0 aromatic heterocycles. The fourth-order valence-corrected chi connectivity index (χ4v) is 5.86. The zero-order valence-electron chi connectivity index (χ0n) is 12.8. The normalized spacial score (nSPS) is 35.4. The summed E-state index contributed by atoms with van der Waals surface area (Å²) in [6, 6.07) is 5.28. The number of rotatable bonds is 4. The van der Waals surface area contributed by atoms with E-state index in [-0.39, 0.29) is 12.4 Å². The Morgan fingerprint density at radius 1 is 1.09 bits per heavy atom. The molecule has 0 atom stereocenters. The highest BCUT2D eigenvalue weighted by atomic mass is 35.5. The molecule has 0 unspecified atom stereocenters. The second kappa shape index (κ2) is 6.22. The Kier molecular flexibility index (Phi) is 4.64. The van der Waals surface area contributed by atoms with E-state index in [1.165, 1.54) is 38.5 Å². The van der Waals surface area contributed by atoms with Gasteiger partial charge in [0.15, 0.2) is 0 Å². The van der Waals surface area contributed by atoms with Crippen LogP contribution in [0.4, 0.5) is 0 Å². The van der Waals surface area contributed by atoms with Gasteiger partial charge in [0.05, 0.1) is 0 Å². The molecule has 4 fully saturated rings. The molecule has 4 bridgehead atoms. The van der Waals surface area contributed by atoms with E-state index in [2.05, 4.69) is 5.32 Å². The molecule has 4 heteroatoms. The molecule has 22 heavy (non-hydrogen) atoms. The van der Waals surface area contributed by atoms with Gasteiger partial charge in [-0.15, -0.1) is 0 Å². The van der Waals surface area contributed by atoms with Gasteiger partial charge in [0.25, 0.3) is 0 Å². The van der Waals surface area contributed by atoms with E-state index in [0.29, 0.717) is 22.7 Å². The third-order valence-corrected chi connectivity index (χ3v) is 6.26. The van der Waals surface area contributed by atoms with Gasteiger partial charge in [-0.1, -0.05) is 11.6 Å². The van der Waals surface area contributed by atoms with Gasteiger partial charge in [0.1, 0.15) is 5.75 Å². The molecule has 5 rings (SSSR count). The number of aromatic hydroxyl groups is 1. The lowest BCUT2D eigenvalue weighted by Gasteiger charge is -2.57. The largest absolute Gasteiger partial charge is 1.00 e. The summed E-state index contributed by atoms with van der Waals surface area (Å²) >= 11 is 6.01. The fourth-order valence-electron chi connectivity index (χ4n) is 5.66. The molecule has 122 valence electrons. The SMILES string of the molecule is Oc1ccc(Cl)cc1CNCC12CC3CC(CC(C3)C1)C2.[Cl-]. The number of halogens is 2. The molecular formula is C18H24Cl2NO-. The van der Waals surface area contributed by atoms with Crippen LogP contribution in [0.5, 0.6) is 5.75 Å². The third kappa shape index (κ3) is 3.11. The summed E-state index contributed by atoms with van der Waals surface area (Å²) in [5.41, 5.74) is 1.45. The molecule has 0 amide bonds. The molecule has 0 saturated heterocycles. The minimum absolute atomic E-state index is 0. The Hall–Kier alpha value is -0.440. The Bertz CT molecular complexity index is 511. The zero-order valence-corrected chi connectivity index (χ0v) is 14.3. The Morgan fingerprint density at radius 3 is 2.27 bits per heavy atom. The fraction of sp³-hybridized carbons (Fsp3) is 0.667. The van der Waals surface area contributed by atoms with Crippen molar-refractivity contribution in [3.05, 3.63) is 28.8 Å².